The fourth-order valence-electron chi connectivity index (χ4n) is 3.03. The lowest BCUT2D eigenvalue weighted by Gasteiger charge is -2.35. The third-order valence-corrected chi connectivity index (χ3v) is 7.22. The van der Waals surface area contributed by atoms with Crippen LogP contribution in [0, 0.1) is 0 Å². The van der Waals surface area contributed by atoms with Gasteiger partial charge in [-0.25, -0.2) is 23.1 Å². The first-order valence-electron chi connectivity index (χ1n) is 9.32. The molecule has 0 radical (unpaired) electrons. The highest BCUT2D eigenvalue weighted by Gasteiger charge is 2.27. The quantitative estimate of drug-likeness (QED) is 0.538. The van der Waals surface area contributed by atoms with Gasteiger partial charge in [-0.05, 0) is 30.5 Å². The van der Waals surface area contributed by atoms with Gasteiger partial charge < -0.3 is 15.5 Å². The van der Waals surface area contributed by atoms with Crippen molar-refractivity contribution in [2.75, 3.05) is 31.1 Å². The molecule has 0 unspecified atom stereocenters. The fourth-order valence-corrected chi connectivity index (χ4v) is 5.04. The smallest absolute Gasteiger partial charge is 0.240 e. The van der Waals surface area contributed by atoms with Crippen molar-refractivity contribution in [3.8, 4) is 0 Å². The summed E-state index contributed by atoms with van der Waals surface area (Å²) in [7, 11) is -3.41. The van der Waals surface area contributed by atoms with Crippen LogP contribution in [-0.4, -0.2) is 56.5 Å². The number of hydrogen-bond acceptors (Lipinski definition) is 6. The molecule has 1 saturated heterocycles. The molecule has 3 N–H and O–H groups in total. The van der Waals surface area contributed by atoms with Crippen LogP contribution in [0.3, 0.4) is 0 Å². The molecule has 10 heteroatoms. The van der Waals surface area contributed by atoms with Crippen molar-refractivity contribution < 1.29 is 8.42 Å². The number of hydrogen-bond donors (Lipinski definition) is 2. The van der Waals surface area contributed by atoms with E-state index in [2.05, 4.69) is 24.5 Å². The van der Waals surface area contributed by atoms with Gasteiger partial charge in [0.05, 0.1) is 11.4 Å². The molecule has 28 heavy (non-hydrogen) atoms. The van der Waals surface area contributed by atoms with Gasteiger partial charge in [-0.15, -0.1) is 11.3 Å². The number of aromatic nitrogens is 1. The van der Waals surface area contributed by atoms with Crippen LogP contribution >= 0.6 is 11.3 Å². The van der Waals surface area contributed by atoms with Crippen molar-refractivity contribution in [2.24, 2.45) is 10.7 Å². The van der Waals surface area contributed by atoms with Crippen molar-refractivity contribution in [2.45, 2.75) is 30.3 Å². The Morgan fingerprint density at radius 3 is 2.54 bits per heavy atom. The minimum Gasteiger partial charge on any atom is -0.370 e. The molecule has 1 aromatic heterocycles. The first-order valence-corrected chi connectivity index (χ1v) is 11.7. The Bertz CT molecular complexity index is 915. The molecule has 0 spiro atoms. The summed E-state index contributed by atoms with van der Waals surface area (Å²) in [6.45, 7) is 3.77. The summed E-state index contributed by atoms with van der Waals surface area (Å²) in [6, 6.07) is 6.93. The van der Waals surface area contributed by atoms with E-state index in [0.29, 0.717) is 17.4 Å². The standard InChI is InChI=1S/C18H24N6O2S2/c19-17(23-8-10-24(11-9-23)18-20-7-12-27-18)21-13-14-1-5-16(6-2-14)28(25,26)22-15-3-4-15/h1-2,5-7,12,15,22H,3-4,8-11,13H2,(H2,19,21). The van der Waals surface area contributed by atoms with E-state index in [-0.39, 0.29) is 6.04 Å². The largest absolute Gasteiger partial charge is 0.370 e. The summed E-state index contributed by atoms with van der Waals surface area (Å²) in [6.07, 6.45) is 3.66. The molecule has 1 saturated carbocycles. The molecule has 0 bridgehead atoms. The zero-order valence-electron chi connectivity index (χ0n) is 15.5. The molecule has 2 heterocycles. The second kappa shape index (κ2) is 8.06. The average Bonchev–Trinajstić information content (AvgIpc) is 3.33. The molecular weight excluding hydrogens is 396 g/mol. The molecule has 1 aliphatic carbocycles. The zero-order valence-corrected chi connectivity index (χ0v) is 17.1. The average molecular weight is 421 g/mol. The van der Waals surface area contributed by atoms with E-state index in [1.54, 1.807) is 35.6 Å². The van der Waals surface area contributed by atoms with Crippen molar-refractivity contribution in [1.29, 1.82) is 0 Å². The van der Waals surface area contributed by atoms with Crippen LogP contribution in [0.1, 0.15) is 18.4 Å². The maximum absolute atomic E-state index is 12.2. The van der Waals surface area contributed by atoms with E-state index in [9.17, 15) is 8.42 Å². The fraction of sp³-hybridized carbons (Fsp3) is 0.444. The van der Waals surface area contributed by atoms with Gasteiger partial charge in [0, 0.05) is 43.8 Å². The minimum absolute atomic E-state index is 0.102. The number of sulfonamides is 1. The number of thiazole rings is 1. The van der Waals surface area contributed by atoms with Crippen molar-refractivity contribution in [1.82, 2.24) is 14.6 Å². The predicted molar refractivity (Wildman–Crippen MR) is 111 cm³/mol. The van der Waals surface area contributed by atoms with Gasteiger partial charge in [-0.1, -0.05) is 12.1 Å². The maximum atomic E-state index is 12.2. The molecule has 2 aliphatic rings. The van der Waals surface area contributed by atoms with E-state index >= 15 is 0 Å². The van der Waals surface area contributed by atoms with Gasteiger partial charge in [0.2, 0.25) is 10.0 Å². The molecule has 4 rings (SSSR count). The summed E-state index contributed by atoms with van der Waals surface area (Å²) in [5.74, 6) is 0.519. The highest BCUT2D eigenvalue weighted by Crippen LogP contribution is 2.22. The van der Waals surface area contributed by atoms with Crippen LogP contribution in [0.5, 0.6) is 0 Å². The van der Waals surface area contributed by atoms with Crippen molar-refractivity contribution in [3.05, 3.63) is 41.4 Å². The molecule has 2 aromatic rings. The lowest BCUT2D eigenvalue weighted by atomic mass is 10.2. The lowest BCUT2D eigenvalue weighted by molar-refractivity contribution is 0.380. The normalized spacial score (nSPS) is 18.5. The summed E-state index contributed by atoms with van der Waals surface area (Å²) in [4.78, 5) is 13.4. The number of nitrogens with two attached hydrogens (primary N) is 1. The van der Waals surface area contributed by atoms with Gasteiger partial charge in [-0.3, -0.25) is 0 Å². The number of anilines is 1. The summed E-state index contributed by atoms with van der Waals surface area (Å²) in [5.41, 5.74) is 7.09. The van der Waals surface area contributed by atoms with Crippen molar-refractivity contribution >= 4 is 32.5 Å². The van der Waals surface area contributed by atoms with Gasteiger partial charge >= 0.3 is 0 Å². The third kappa shape index (κ3) is 4.62. The summed E-state index contributed by atoms with van der Waals surface area (Å²) < 4.78 is 27.1. The number of rotatable bonds is 6. The highest BCUT2D eigenvalue weighted by molar-refractivity contribution is 7.89. The molecule has 1 aliphatic heterocycles. The van der Waals surface area contributed by atoms with E-state index in [1.165, 1.54) is 0 Å². The molecule has 1 aromatic carbocycles. The number of nitrogens with zero attached hydrogens (tertiary/aromatic N) is 4. The Morgan fingerprint density at radius 2 is 1.93 bits per heavy atom. The first-order chi connectivity index (χ1) is 13.5. The number of aliphatic imine (C=N–C) groups is 1. The molecule has 0 amide bonds. The Hall–Kier alpha value is -2.17. The summed E-state index contributed by atoms with van der Waals surface area (Å²) >= 11 is 1.64. The Morgan fingerprint density at radius 1 is 1.21 bits per heavy atom. The predicted octanol–water partition coefficient (Wildman–Crippen LogP) is 1.22. The van der Waals surface area contributed by atoms with Crippen LogP contribution in [0.4, 0.5) is 5.13 Å². The second-order valence-corrected chi connectivity index (χ2v) is 9.59. The minimum atomic E-state index is -3.41. The SMILES string of the molecule is NC(=NCc1ccc(S(=O)(=O)NC2CC2)cc1)N1CCN(c2nccs2)CC1. The number of benzene rings is 1. The van der Waals surface area contributed by atoms with Crippen LogP contribution in [0.2, 0.25) is 0 Å². The highest BCUT2D eigenvalue weighted by atomic mass is 32.2. The van der Waals surface area contributed by atoms with E-state index in [0.717, 1.165) is 49.7 Å². The molecule has 0 atom stereocenters. The topological polar surface area (TPSA) is 104 Å². The van der Waals surface area contributed by atoms with Crippen LogP contribution in [0.25, 0.3) is 0 Å². The lowest BCUT2D eigenvalue weighted by Crippen LogP contribution is -2.51. The number of nitrogens with one attached hydrogen (secondary N) is 1. The molecular formula is C18H24N6O2S2. The Balaban J connectivity index is 1.31. The zero-order chi connectivity index (χ0) is 19.6. The van der Waals surface area contributed by atoms with Gasteiger partial charge in [0.15, 0.2) is 11.1 Å². The molecule has 150 valence electrons. The van der Waals surface area contributed by atoms with E-state index < -0.39 is 10.0 Å². The van der Waals surface area contributed by atoms with Gasteiger partial charge in [0.25, 0.3) is 0 Å². The van der Waals surface area contributed by atoms with Crippen molar-refractivity contribution in [3.63, 3.8) is 0 Å². The molecule has 8 nitrogen and oxygen atoms in total. The summed E-state index contributed by atoms with van der Waals surface area (Å²) in [5, 5.41) is 3.03. The Labute approximate surface area is 169 Å². The van der Waals surface area contributed by atoms with E-state index in [1.807, 2.05) is 11.6 Å². The maximum Gasteiger partial charge on any atom is 0.240 e. The van der Waals surface area contributed by atoms with Gasteiger partial charge in [-0.2, -0.15) is 0 Å². The number of guanidine groups is 1. The monoisotopic (exact) mass is 420 g/mol. The third-order valence-electron chi connectivity index (χ3n) is 4.85. The van der Waals surface area contributed by atoms with Crippen LogP contribution in [-0.2, 0) is 16.6 Å². The van der Waals surface area contributed by atoms with Crippen LogP contribution in [0.15, 0.2) is 45.7 Å². The van der Waals surface area contributed by atoms with Crippen LogP contribution < -0.4 is 15.4 Å². The number of piperazine rings is 1. The van der Waals surface area contributed by atoms with E-state index in [4.69, 9.17) is 5.73 Å². The Kier molecular flexibility index (Phi) is 5.51. The molecule has 2 fully saturated rings. The second-order valence-electron chi connectivity index (χ2n) is 7.00. The van der Waals surface area contributed by atoms with Gasteiger partial charge in [0.1, 0.15) is 0 Å². The first kappa shape index (κ1) is 19.2.